The summed E-state index contributed by atoms with van der Waals surface area (Å²) >= 11 is 8.83. The van der Waals surface area contributed by atoms with Crippen LogP contribution in [0.2, 0.25) is 5.02 Å². The van der Waals surface area contributed by atoms with Crippen molar-refractivity contribution in [2.45, 2.75) is 11.7 Å². The second-order valence-electron chi connectivity index (χ2n) is 6.75. The van der Waals surface area contributed by atoms with E-state index >= 15 is 0 Å². The highest BCUT2D eigenvalue weighted by Gasteiger charge is 2.26. The van der Waals surface area contributed by atoms with E-state index in [1.807, 2.05) is 22.4 Å². The number of thiophene rings is 1. The van der Waals surface area contributed by atoms with Crippen molar-refractivity contribution in [3.8, 4) is 0 Å². The van der Waals surface area contributed by atoms with E-state index in [1.165, 1.54) is 17.8 Å². The van der Waals surface area contributed by atoms with Gasteiger partial charge in [0.05, 0.1) is 17.2 Å². The molecule has 1 fully saturated rings. The van der Waals surface area contributed by atoms with E-state index in [-0.39, 0.29) is 17.3 Å². The number of carbonyl (C=O) groups excluding carboxylic acids is 1. The fraction of sp³-hybridized carbons (Fsp3) is 0.333. The Morgan fingerprint density at radius 1 is 1.26 bits per heavy atom. The zero-order valence-electron chi connectivity index (χ0n) is 16.3. The number of aromatic nitrogens is 4. The number of rotatable bonds is 7. The molecule has 3 heterocycles. The number of nitro benzene ring substituents is 1. The Balaban J connectivity index is 1.32. The van der Waals surface area contributed by atoms with Crippen molar-refractivity contribution >= 4 is 52.0 Å². The summed E-state index contributed by atoms with van der Waals surface area (Å²) in [5.74, 6) is 0.215. The average Bonchev–Trinajstić information content (AvgIpc) is 3.44. The van der Waals surface area contributed by atoms with E-state index in [1.54, 1.807) is 33.1 Å². The molecule has 162 valence electrons. The minimum atomic E-state index is -0.435. The molecule has 3 aromatic rings. The molecule has 0 saturated carbocycles. The second-order valence-corrected chi connectivity index (χ2v) is 9.16. The van der Waals surface area contributed by atoms with Gasteiger partial charge >= 0.3 is 0 Å². The van der Waals surface area contributed by atoms with E-state index in [9.17, 15) is 14.9 Å². The van der Waals surface area contributed by atoms with Crippen LogP contribution in [0.15, 0.2) is 40.9 Å². The first kappa shape index (κ1) is 21.5. The molecule has 0 unspecified atom stereocenters. The SMILES string of the molecule is O=C(CSc1nnnn1Cc1cccs1)N1CCN(c2ccc(Cl)cc2[N+](=O)[O-])CC1. The zero-order chi connectivity index (χ0) is 21.8. The fourth-order valence-corrected chi connectivity index (χ4v) is 4.91. The Morgan fingerprint density at radius 2 is 2.06 bits per heavy atom. The summed E-state index contributed by atoms with van der Waals surface area (Å²) in [5.41, 5.74) is 0.490. The van der Waals surface area contributed by atoms with Crippen molar-refractivity contribution in [3.05, 3.63) is 55.7 Å². The summed E-state index contributed by atoms with van der Waals surface area (Å²) in [6.45, 7) is 2.56. The van der Waals surface area contributed by atoms with Crippen molar-refractivity contribution in [2.75, 3.05) is 36.8 Å². The molecule has 0 bridgehead atoms. The van der Waals surface area contributed by atoms with E-state index in [0.29, 0.717) is 48.6 Å². The molecule has 4 rings (SSSR count). The predicted molar refractivity (Wildman–Crippen MR) is 119 cm³/mol. The number of piperazine rings is 1. The van der Waals surface area contributed by atoms with Gasteiger partial charge in [-0.2, -0.15) is 0 Å². The number of halogens is 1. The number of thioether (sulfide) groups is 1. The first-order chi connectivity index (χ1) is 15.0. The monoisotopic (exact) mass is 479 g/mol. The zero-order valence-corrected chi connectivity index (χ0v) is 18.6. The Labute approximate surface area is 190 Å². The number of hydrogen-bond acceptors (Lipinski definition) is 9. The number of carbonyl (C=O) groups is 1. The number of tetrazole rings is 1. The maximum Gasteiger partial charge on any atom is 0.294 e. The Kier molecular flexibility index (Phi) is 6.68. The van der Waals surface area contributed by atoms with Gasteiger partial charge in [-0.15, -0.1) is 16.4 Å². The number of amides is 1. The number of hydrogen-bond donors (Lipinski definition) is 0. The maximum atomic E-state index is 12.7. The molecule has 0 spiro atoms. The molecule has 2 aromatic heterocycles. The Bertz CT molecular complexity index is 1070. The third kappa shape index (κ3) is 5.14. The summed E-state index contributed by atoms with van der Waals surface area (Å²) in [4.78, 5) is 28.4. The van der Waals surface area contributed by atoms with Crippen LogP contribution in [-0.4, -0.2) is 67.9 Å². The molecule has 0 radical (unpaired) electrons. The van der Waals surface area contributed by atoms with Gasteiger partial charge in [-0.25, -0.2) is 4.68 Å². The van der Waals surface area contributed by atoms with Crippen LogP contribution in [0.3, 0.4) is 0 Å². The topological polar surface area (TPSA) is 110 Å². The lowest BCUT2D eigenvalue weighted by Gasteiger charge is -2.35. The first-order valence-electron chi connectivity index (χ1n) is 9.39. The number of anilines is 1. The van der Waals surface area contributed by atoms with Crippen LogP contribution in [0, 0.1) is 10.1 Å². The van der Waals surface area contributed by atoms with Crippen molar-refractivity contribution in [1.29, 1.82) is 0 Å². The van der Waals surface area contributed by atoms with Crippen molar-refractivity contribution < 1.29 is 9.72 Å². The minimum Gasteiger partial charge on any atom is -0.362 e. The van der Waals surface area contributed by atoms with Crippen LogP contribution in [0.1, 0.15) is 4.88 Å². The van der Waals surface area contributed by atoms with Gasteiger partial charge in [-0.3, -0.25) is 14.9 Å². The summed E-state index contributed by atoms with van der Waals surface area (Å²) in [6, 6.07) is 8.63. The molecule has 1 saturated heterocycles. The average molecular weight is 480 g/mol. The molecule has 0 aliphatic carbocycles. The number of nitrogens with zero attached hydrogens (tertiary/aromatic N) is 7. The van der Waals surface area contributed by atoms with Gasteiger partial charge in [0.2, 0.25) is 11.1 Å². The third-order valence-corrected chi connectivity index (χ3v) is 6.85. The van der Waals surface area contributed by atoms with Crippen LogP contribution >= 0.6 is 34.7 Å². The van der Waals surface area contributed by atoms with Gasteiger partial charge in [0.1, 0.15) is 5.69 Å². The van der Waals surface area contributed by atoms with Gasteiger partial charge in [0.25, 0.3) is 5.69 Å². The van der Waals surface area contributed by atoms with Crippen LogP contribution < -0.4 is 4.90 Å². The highest BCUT2D eigenvalue weighted by Crippen LogP contribution is 2.31. The van der Waals surface area contributed by atoms with Crippen LogP contribution in [-0.2, 0) is 11.3 Å². The fourth-order valence-electron chi connectivity index (χ4n) is 3.27. The Morgan fingerprint density at radius 3 is 2.77 bits per heavy atom. The molecular formula is C18H18ClN7O3S2. The molecule has 31 heavy (non-hydrogen) atoms. The lowest BCUT2D eigenvalue weighted by Crippen LogP contribution is -2.49. The molecule has 1 aromatic carbocycles. The maximum absolute atomic E-state index is 12.7. The van der Waals surface area contributed by atoms with Crippen molar-refractivity contribution in [2.24, 2.45) is 0 Å². The summed E-state index contributed by atoms with van der Waals surface area (Å²) < 4.78 is 1.68. The van der Waals surface area contributed by atoms with E-state index in [2.05, 4.69) is 15.5 Å². The molecule has 13 heteroatoms. The normalized spacial score (nSPS) is 14.1. The van der Waals surface area contributed by atoms with E-state index in [0.717, 1.165) is 4.88 Å². The largest absolute Gasteiger partial charge is 0.362 e. The molecule has 0 N–H and O–H groups in total. The summed E-state index contributed by atoms with van der Waals surface area (Å²) in [7, 11) is 0. The lowest BCUT2D eigenvalue weighted by molar-refractivity contribution is -0.384. The third-order valence-electron chi connectivity index (χ3n) is 4.82. The van der Waals surface area contributed by atoms with Gasteiger partial charge < -0.3 is 9.80 Å². The molecule has 0 atom stereocenters. The molecule has 1 aliphatic rings. The van der Waals surface area contributed by atoms with Crippen LogP contribution in [0.25, 0.3) is 0 Å². The minimum absolute atomic E-state index is 0.0130. The number of benzene rings is 1. The standard InChI is InChI=1S/C18H18ClN7O3S2/c19-13-3-4-15(16(10-13)26(28)29)23-5-7-24(8-6-23)17(27)12-31-18-20-21-22-25(18)11-14-2-1-9-30-14/h1-4,9-10H,5-8,11-12H2. The predicted octanol–water partition coefficient (Wildman–Crippen LogP) is 2.79. The van der Waals surface area contributed by atoms with Crippen molar-refractivity contribution in [3.63, 3.8) is 0 Å². The van der Waals surface area contributed by atoms with Gasteiger partial charge in [0, 0.05) is 42.1 Å². The van der Waals surface area contributed by atoms with Crippen LogP contribution in [0.4, 0.5) is 11.4 Å². The lowest BCUT2D eigenvalue weighted by atomic mass is 10.2. The highest BCUT2D eigenvalue weighted by atomic mass is 35.5. The van der Waals surface area contributed by atoms with Gasteiger partial charge in [-0.05, 0) is 34.0 Å². The molecule has 1 aliphatic heterocycles. The first-order valence-corrected chi connectivity index (χ1v) is 11.6. The number of nitro groups is 1. The molecule has 10 nitrogen and oxygen atoms in total. The highest BCUT2D eigenvalue weighted by molar-refractivity contribution is 7.99. The quantitative estimate of drug-likeness (QED) is 0.289. The van der Waals surface area contributed by atoms with Gasteiger partial charge in [-0.1, -0.05) is 29.4 Å². The van der Waals surface area contributed by atoms with Crippen molar-refractivity contribution in [1.82, 2.24) is 25.1 Å². The molecule has 1 amide bonds. The summed E-state index contributed by atoms with van der Waals surface area (Å²) in [6.07, 6.45) is 0. The van der Waals surface area contributed by atoms with E-state index < -0.39 is 4.92 Å². The smallest absolute Gasteiger partial charge is 0.294 e. The molecular weight excluding hydrogens is 462 g/mol. The van der Waals surface area contributed by atoms with Crippen LogP contribution in [0.5, 0.6) is 0 Å². The summed E-state index contributed by atoms with van der Waals surface area (Å²) in [5, 5.41) is 26.0. The van der Waals surface area contributed by atoms with Gasteiger partial charge in [0.15, 0.2) is 0 Å². The second kappa shape index (κ2) is 9.62. The Hall–Kier alpha value is -2.70. The van der Waals surface area contributed by atoms with E-state index in [4.69, 9.17) is 11.6 Å².